The second kappa shape index (κ2) is 9.36. The molecule has 1 aromatic rings. The number of benzene rings is 1. The summed E-state index contributed by atoms with van der Waals surface area (Å²) in [5, 5.41) is 23.1. The first-order valence-corrected chi connectivity index (χ1v) is 8.65. The van der Waals surface area contributed by atoms with Gasteiger partial charge < -0.3 is 20.8 Å². The van der Waals surface area contributed by atoms with Crippen molar-refractivity contribution in [1.82, 2.24) is 10.6 Å². The summed E-state index contributed by atoms with van der Waals surface area (Å²) in [7, 11) is 0. The number of carboxylic acid groups (broad SMARTS) is 2. The lowest BCUT2D eigenvalue weighted by molar-refractivity contribution is -0.143. The Balaban J connectivity index is 2.74. The Bertz CT molecular complexity index is 717. The van der Waals surface area contributed by atoms with Gasteiger partial charge in [0.15, 0.2) is 0 Å². The van der Waals surface area contributed by atoms with E-state index in [1.807, 2.05) is 0 Å². The fourth-order valence-electron chi connectivity index (χ4n) is 2.26. The molecule has 0 aliphatic rings. The molecular formula is C18H23ClN2O6. The van der Waals surface area contributed by atoms with Crippen LogP contribution in [-0.2, 0) is 24.6 Å². The van der Waals surface area contributed by atoms with Crippen molar-refractivity contribution in [2.24, 2.45) is 0 Å². The summed E-state index contributed by atoms with van der Waals surface area (Å²) in [6.45, 7) is 4.79. The van der Waals surface area contributed by atoms with Crippen LogP contribution in [0.15, 0.2) is 24.3 Å². The molecule has 0 saturated heterocycles. The molecule has 0 aliphatic carbocycles. The zero-order valence-corrected chi connectivity index (χ0v) is 16.0. The lowest BCUT2D eigenvalue weighted by atomic mass is 9.83. The molecule has 0 aliphatic heterocycles. The number of halogens is 1. The molecule has 4 N–H and O–H groups in total. The van der Waals surface area contributed by atoms with Gasteiger partial charge in [0, 0.05) is 11.4 Å². The zero-order chi connectivity index (χ0) is 20.8. The Kier molecular flexibility index (Phi) is 7.78. The summed E-state index contributed by atoms with van der Waals surface area (Å²) in [5.41, 5.74) is -0.254. The number of carbonyl (C=O) groups is 4. The van der Waals surface area contributed by atoms with Gasteiger partial charge in [0.25, 0.3) is 0 Å². The van der Waals surface area contributed by atoms with Crippen molar-refractivity contribution in [3.8, 4) is 0 Å². The minimum Gasteiger partial charge on any atom is -0.481 e. The highest BCUT2D eigenvalue weighted by Crippen LogP contribution is 2.25. The average Bonchev–Trinajstić information content (AvgIpc) is 2.58. The highest BCUT2D eigenvalue weighted by molar-refractivity contribution is 6.30. The van der Waals surface area contributed by atoms with Crippen LogP contribution < -0.4 is 10.6 Å². The van der Waals surface area contributed by atoms with Crippen LogP contribution in [0, 0.1) is 0 Å². The predicted octanol–water partition coefficient (Wildman–Crippen LogP) is 1.56. The number of nitrogens with one attached hydrogen (secondary N) is 2. The van der Waals surface area contributed by atoms with Crippen LogP contribution in [0.2, 0.25) is 5.02 Å². The minimum atomic E-state index is -1.35. The fourth-order valence-corrected chi connectivity index (χ4v) is 2.39. The fraction of sp³-hybridized carbons (Fsp3) is 0.444. The van der Waals surface area contributed by atoms with E-state index in [0.29, 0.717) is 10.6 Å². The summed E-state index contributed by atoms with van der Waals surface area (Å²) < 4.78 is 0. The number of aliphatic carboxylic acids is 2. The van der Waals surface area contributed by atoms with E-state index in [1.165, 1.54) is 6.92 Å². The van der Waals surface area contributed by atoms with Crippen molar-refractivity contribution < 1.29 is 29.4 Å². The molecule has 27 heavy (non-hydrogen) atoms. The molecular weight excluding hydrogens is 376 g/mol. The maximum atomic E-state index is 12.6. The van der Waals surface area contributed by atoms with Gasteiger partial charge in [-0.25, -0.2) is 4.79 Å². The Morgan fingerprint density at radius 3 is 2.11 bits per heavy atom. The van der Waals surface area contributed by atoms with Crippen molar-refractivity contribution >= 4 is 35.4 Å². The van der Waals surface area contributed by atoms with Crippen molar-refractivity contribution in [2.45, 2.75) is 51.1 Å². The van der Waals surface area contributed by atoms with E-state index < -0.39 is 47.7 Å². The van der Waals surface area contributed by atoms with E-state index in [4.69, 9.17) is 21.8 Å². The summed E-state index contributed by atoms with van der Waals surface area (Å²) in [4.78, 5) is 46.5. The van der Waals surface area contributed by atoms with E-state index in [2.05, 4.69) is 10.6 Å². The molecule has 9 heteroatoms. The molecule has 8 nitrogen and oxygen atoms in total. The topological polar surface area (TPSA) is 133 Å². The van der Waals surface area contributed by atoms with Crippen molar-refractivity contribution in [2.75, 3.05) is 0 Å². The minimum absolute atomic E-state index is 0.257. The number of hydrogen-bond donors (Lipinski definition) is 4. The molecule has 0 unspecified atom stereocenters. The number of carbonyl (C=O) groups excluding carboxylic acids is 2. The first kappa shape index (κ1) is 22.4. The Labute approximate surface area is 161 Å². The van der Waals surface area contributed by atoms with Gasteiger partial charge in [0.2, 0.25) is 11.8 Å². The lowest BCUT2D eigenvalue weighted by Crippen LogP contribution is -2.53. The molecule has 1 aromatic carbocycles. The summed E-state index contributed by atoms with van der Waals surface area (Å²) >= 11 is 5.85. The van der Waals surface area contributed by atoms with Crippen LogP contribution in [0.4, 0.5) is 0 Å². The van der Waals surface area contributed by atoms with Gasteiger partial charge in [0.05, 0.1) is 5.41 Å². The second-order valence-electron chi connectivity index (χ2n) is 6.66. The molecule has 2 amide bonds. The number of hydrogen-bond acceptors (Lipinski definition) is 4. The Morgan fingerprint density at radius 2 is 1.63 bits per heavy atom. The molecule has 0 spiro atoms. The van der Waals surface area contributed by atoms with Crippen molar-refractivity contribution in [1.29, 1.82) is 0 Å². The molecule has 0 bridgehead atoms. The molecule has 2 atom stereocenters. The average molecular weight is 399 g/mol. The maximum Gasteiger partial charge on any atom is 0.326 e. The first-order valence-electron chi connectivity index (χ1n) is 8.27. The Morgan fingerprint density at radius 1 is 1.07 bits per heavy atom. The van der Waals surface area contributed by atoms with E-state index in [0.717, 1.165) is 0 Å². The monoisotopic (exact) mass is 398 g/mol. The van der Waals surface area contributed by atoms with Crippen molar-refractivity contribution in [3.63, 3.8) is 0 Å². The summed E-state index contributed by atoms with van der Waals surface area (Å²) in [5.74, 6) is -3.65. The predicted molar refractivity (Wildman–Crippen MR) is 98.5 cm³/mol. The number of rotatable bonds is 9. The highest BCUT2D eigenvalue weighted by atomic mass is 35.5. The number of amides is 2. The molecule has 0 radical (unpaired) electrons. The van der Waals surface area contributed by atoms with Crippen LogP contribution in [-0.4, -0.2) is 46.0 Å². The Hall–Kier alpha value is -2.61. The third-order valence-corrected chi connectivity index (χ3v) is 4.39. The molecule has 1 rings (SSSR count). The van der Waals surface area contributed by atoms with Crippen LogP contribution in [0.25, 0.3) is 0 Å². The smallest absolute Gasteiger partial charge is 0.326 e. The molecule has 0 aromatic heterocycles. The van der Waals surface area contributed by atoms with Crippen molar-refractivity contribution in [3.05, 3.63) is 34.9 Å². The van der Waals surface area contributed by atoms with Crippen LogP contribution in [0.3, 0.4) is 0 Å². The van der Waals surface area contributed by atoms with Crippen LogP contribution in [0.5, 0.6) is 0 Å². The van der Waals surface area contributed by atoms with E-state index in [-0.39, 0.29) is 6.42 Å². The third kappa shape index (κ3) is 6.56. The van der Waals surface area contributed by atoms with E-state index >= 15 is 0 Å². The zero-order valence-electron chi connectivity index (χ0n) is 15.3. The summed E-state index contributed by atoms with van der Waals surface area (Å²) in [6.07, 6.45) is -0.658. The lowest BCUT2D eigenvalue weighted by Gasteiger charge is -2.26. The largest absolute Gasteiger partial charge is 0.481 e. The standard InChI is InChI=1S/C18H23ClN2O6/c1-10(15(24)21-13(16(25)26)8-9-14(22)23)20-17(27)18(2,3)11-4-6-12(19)7-5-11/h4-7,10,13H,8-9H2,1-3H3,(H,20,27)(H,21,24)(H,22,23)(H,25,26)/t10-,13+/m0/s1. The van der Waals surface area contributed by atoms with Gasteiger partial charge >= 0.3 is 11.9 Å². The molecule has 0 heterocycles. The van der Waals surface area contributed by atoms with Gasteiger partial charge in [-0.2, -0.15) is 0 Å². The van der Waals surface area contributed by atoms with Gasteiger partial charge in [-0.1, -0.05) is 23.7 Å². The molecule has 0 fully saturated rings. The summed E-state index contributed by atoms with van der Waals surface area (Å²) in [6, 6.07) is 4.37. The highest BCUT2D eigenvalue weighted by Gasteiger charge is 2.32. The SMILES string of the molecule is C[C@H](NC(=O)C(C)(C)c1ccc(Cl)cc1)C(=O)N[C@H](CCC(=O)O)C(=O)O. The third-order valence-electron chi connectivity index (χ3n) is 4.14. The maximum absolute atomic E-state index is 12.6. The van der Waals surface area contributed by atoms with Gasteiger partial charge in [0.1, 0.15) is 12.1 Å². The van der Waals surface area contributed by atoms with E-state index in [9.17, 15) is 19.2 Å². The number of carboxylic acids is 2. The van der Waals surface area contributed by atoms with Gasteiger partial charge in [-0.3, -0.25) is 14.4 Å². The molecule has 0 saturated carbocycles. The second-order valence-corrected chi connectivity index (χ2v) is 7.10. The van der Waals surface area contributed by atoms with Gasteiger partial charge in [-0.15, -0.1) is 0 Å². The van der Waals surface area contributed by atoms with Crippen LogP contribution in [0.1, 0.15) is 39.2 Å². The molecule has 148 valence electrons. The van der Waals surface area contributed by atoms with E-state index in [1.54, 1.807) is 38.1 Å². The van der Waals surface area contributed by atoms with Crippen LogP contribution >= 0.6 is 11.6 Å². The van der Waals surface area contributed by atoms with Gasteiger partial charge in [-0.05, 0) is 44.9 Å². The quantitative estimate of drug-likeness (QED) is 0.499. The normalized spacial score (nSPS) is 13.3. The first-order chi connectivity index (χ1) is 12.4.